The molecule has 1 aromatic carbocycles. The number of benzene rings is 1. The number of hydrogen-bond acceptors (Lipinski definition) is 4. The fourth-order valence-electron chi connectivity index (χ4n) is 2.39. The van der Waals surface area contributed by atoms with Gasteiger partial charge in [0, 0.05) is 24.5 Å². The number of rotatable bonds is 2. The van der Waals surface area contributed by atoms with Crippen molar-refractivity contribution in [1.82, 2.24) is 10.2 Å². The molecule has 2 heterocycles. The average Bonchev–Trinajstić information content (AvgIpc) is 2.50. The van der Waals surface area contributed by atoms with Gasteiger partial charge >= 0.3 is 0 Å². The van der Waals surface area contributed by atoms with Crippen molar-refractivity contribution in [3.05, 3.63) is 53.9 Å². The fraction of sp³-hybridized carbons (Fsp3) is 0.267. The summed E-state index contributed by atoms with van der Waals surface area (Å²) >= 11 is 0. The maximum Gasteiger partial charge on any atom is 0.202 e. The molecule has 0 spiro atoms. The predicted molar refractivity (Wildman–Crippen MR) is 78.6 cm³/mol. The molecule has 1 atom stereocenters. The zero-order chi connectivity index (χ0) is 14.8. The van der Waals surface area contributed by atoms with Crippen LogP contribution < -0.4 is 10.6 Å². The first-order valence-electron chi connectivity index (χ1n) is 6.85. The first-order valence-corrected chi connectivity index (χ1v) is 6.85. The van der Waals surface area contributed by atoms with Gasteiger partial charge in [-0.1, -0.05) is 6.08 Å². The lowest BCUT2D eigenvalue weighted by Crippen LogP contribution is -2.41. The van der Waals surface area contributed by atoms with Crippen molar-refractivity contribution in [2.45, 2.75) is 19.5 Å². The van der Waals surface area contributed by atoms with Gasteiger partial charge < -0.3 is 15.5 Å². The van der Waals surface area contributed by atoms with Crippen LogP contribution in [0.25, 0.3) is 0 Å². The molecule has 0 aliphatic carbocycles. The third-order valence-electron chi connectivity index (χ3n) is 3.49. The van der Waals surface area contributed by atoms with Crippen LogP contribution in [-0.4, -0.2) is 23.6 Å². The largest absolute Gasteiger partial charge is 0.353 e. The van der Waals surface area contributed by atoms with E-state index < -0.39 is 11.6 Å². The molecule has 0 amide bonds. The summed E-state index contributed by atoms with van der Waals surface area (Å²) in [5.74, 6) is -1.23. The van der Waals surface area contributed by atoms with Gasteiger partial charge in [-0.3, -0.25) is 0 Å². The van der Waals surface area contributed by atoms with Gasteiger partial charge in [0.2, 0.25) is 5.96 Å². The Labute approximate surface area is 121 Å². The minimum atomic E-state index is -0.886. The number of aliphatic imine (C=N–C) groups is 1. The molecule has 21 heavy (non-hydrogen) atoms. The number of nitrogens with zero attached hydrogens (tertiary/aromatic N) is 2. The molecule has 4 nitrogen and oxygen atoms in total. The Hall–Kier alpha value is -2.37. The summed E-state index contributed by atoms with van der Waals surface area (Å²) in [4.78, 5) is 6.70. The van der Waals surface area contributed by atoms with E-state index in [1.807, 2.05) is 12.4 Å². The van der Waals surface area contributed by atoms with E-state index in [2.05, 4.69) is 33.5 Å². The van der Waals surface area contributed by atoms with Crippen LogP contribution in [0.4, 0.5) is 14.5 Å². The van der Waals surface area contributed by atoms with E-state index in [-0.39, 0.29) is 6.17 Å². The summed E-state index contributed by atoms with van der Waals surface area (Å²) in [5.41, 5.74) is 1.63. The Morgan fingerprint density at radius 3 is 3.00 bits per heavy atom. The zero-order valence-electron chi connectivity index (χ0n) is 11.6. The van der Waals surface area contributed by atoms with Crippen LogP contribution in [0.2, 0.25) is 0 Å². The molecule has 0 radical (unpaired) electrons. The van der Waals surface area contributed by atoms with Gasteiger partial charge in [-0.2, -0.15) is 0 Å². The molecule has 0 bridgehead atoms. The number of nitrogens with one attached hydrogen (secondary N) is 2. The first-order chi connectivity index (χ1) is 10.2. The van der Waals surface area contributed by atoms with Gasteiger partial charge in [0.1, 0.15) is 6.17 Å². The molecule has 2 N–H and O–H groups in total. The SMILES string of the molecule is CCN1C=CCC2=CNC(Nc3ccc(F)c(F)c3)=NC21. The van der Waals surface area contributed by atoms with Gasteiger partial charge in [-0.05, 0) is 37.3 Å². The van der Waals surface area contributed by atoms with Crippen LogP contribution in [-0.2, 0) is 0 Å². The molecule has 1 aromatic rings. The molecular formula is C15H16F2N4. The van der Waals surface area contributed by atoms with E-state index in [4.69, 9.17) is 0 Å². The third kappa shape index (κ3) is 2.74. The van der Waals surface area contributed by atoms with Crippen LogP contribution in [0.1, 0.15) is 13.3 Å². The van der Waals surface area contributed by atoms with Crippen molar-refractivity contribution in [2.24, 2.45) is 4.99 Å². The minimum absolute atomic E-state index is 0.0472. The molecule has 2 aliphatic heterocycles. The molecule has 0 saturated carbocycles. The molecule has 0 saturated heterocycles. The highest BCUT2D eigenvalue weighted by molar-refractivity contribution is 5.95. The fourth-order valence-corrected chi connectivity index (χ4v) is 2.39. The molecule has 3 rings (SSSR count). The lowest BCUT2D eigenvalue weighted by Gasteiger charge is -2.34. The van der Waals surface area contributed by atoms with Gasteiger partial charge in [0.15, 0.2) is 11.6 Å². The van der Waals surface area contributed by atoms with Crippen LogP contribution in [0.15, 0.2) is 47.2 Å². The Balaban J connectivity index is 1.79. The quantitative estimate of drug-likeness (QED) is 0.880. The second-order valence-electron chi connectivity index (χ2n) is 4.89. The standard InChI is InChI=1S/C15H16F2N4/c1-2-21-7-3-4-10-9-18-15(20-14(10)21)19-11-5-6-12(16)13(17)8-11/h3,5-9,14H,2,4H2,1H3,(H2,18,19,20). The third-order valence-corrected chi connectivity index (χ3v) is 3.49. The monoisotopic (exact) mass is 290 g/mol. The number of anilines is 1. The second-order valence-corrected chi connectivity index (χ2v) is 4.89. The molecule has 6 heteroatoms. The van der Waals surface area contributed by atoms with Crippen LogP contribution in [0, 0.1) is 11.6 Å². The van der Waals surface area contributed by atoms with Crippen molar-refractivity contribution in [3.63, 3.8) is 0 Å². The zero-order valence-corrected chi connectivity index (χ0v) is 11.6. The van der Waals surface area contributed by atoms with E-state index in [1.54, 1.807) is 0 Å². The van der Waals surface area contributed by atoms with Crippen LogP contribution in [0.5, 0.6) is 0 Å². The van der Waals surface area contributed by atoms with E-state index >= 15 is 0 Å². The maximum absolute atomic E-state index is 13.2. The smallest absolute Gasteiger partial charge is 0.202 e. The summed E-state index contributed by atoms with van der Waals surface area (Å²) in [6, 6.07) is 3.67. The lowest BCUT2D eigenvalue weighted by atomic mass is 10.1. The molecule has 2 aliphatic rings. The highest BCUT2D eigenvalue weighted by Gasteiger charge is 2.24. The van der Waals surface area contributed by atoms with E-state index in [0.717, 1.165) is 25.1 Å². The highest BCUT2D eigenvalue weighted by Crippen LogP contribution is 2.23. The predicted octanol–water partition coefficient (Wildman–Crippen LogP) is 2.79. The topological polar surface area (TPSA) is 39.7 Å². The second kappa shape index (κ2) is 5.55. The highest BCUT2D eigenvalue weighted by atomic mass is 19.2. The normalized spacial score (nSPS) is 20.3. The van der Waals surface area contributed by atoms with Crippen molar-refractivity contribution in [1.29, 1.82) is 0 Å². The maximum atomic E-state index is 13.2. The van der Waals surface area contributed by atoms with Crippen molar-refractivity contribution < 1.29 is 8.78 Å². The van der Waals surface area contributed by atoms with Crippen molar-refractivity contribution in [2.75, 3.05) is 11.9 Å². The number of fused-ring (bicyclic) bond motifs is 1. The Kier molecular flexibility index (Phi) is 3.60. The lowest BCUT2D eigenvalue weighted by molar-refractivity contribution is 0.314. The number of likely N-dealkylation sites (N-methyl/N-ethyl adjacent to an activating group) is 1. The summed E-state index contributed by atoms with van der Waals surface area (Å²) in [6.07, 6.45) is 6.85. The molecule has 0 aromatic heterocycles. The van der Waals surface area contributed by atoms with Gasteiger partial charge in [-0.25, -0.2) is 13.8 Å². The van der Waals surface area contributed by atoms with Gasteiger partial charge in [-0.15, -0.1) is 0 Å². The molecular weight excluding hydrogens is 274 g/mol. The number of halogens is 2. The summed E-state index contributed by atoms with van der Waals surface area (Å²) < 4.78 is 26.1. The first kappa shape index (κ1) is 13.6. The summed E-state index contributed by atoms with van der Waals surface area (Å²) in [5, 5.41) is 6.01. The van der Waals surface area contributed by atoms with Crippen LogP contribution >= 0.6 is 0 Å². The van der Waals surface area contributed by atoms with E-state index in [1.165, 1.54) is 11.6 Å². The Morgan fingerprint density at radius 1 is 1.38 bits per heavy atom. The molecule has 1 unspecified atom stereocenters. The van der Waals surface area contributed by atoms with Crippen molar-refractivity contribution in [3.8, 4) is 0 Å². The summed E-state index contributed by atoms with van der Waals surface area (Å²) in [6.45, 7) is 2.91. The number of hydrogen-bond donors (Lipinski definition) is 2. The number of guanidine groups is 1. The number of allylic oxidation sites excluding steroid dienone is 1. The average molecular weight is 290 g/mol. The van der Waals surface area contributed by atoms with E-state index in [0.29, 0.717) is 11.6 Å². The van der Waals surface area contributed by atoms with Gasteiger partial charge in [0.05, 0.1) is 0 Å². The Morgan fingerprint density at radius 2 is 2.24 bits per heavy atom. The minimum Gasteiger partial charge on any atom is -0.353 e. The molecule has 0 fully saturated rings. The summed E-state index contributed by atoms with van der Waals surface area (Å²) in [7, 11) is 0. The van der Waals surface area contributed by atoms with E-state index in [9.17, 15) is 8.78 Å². The Bertz CT molecular complexity index is 637. The van der Waals surface area contributed by atoms with Crippen molar-refractivity contribution >= 4 is 11.6 Å². The van der Waals surface area contributed by atoms with Crippen LogP contribution in [0.3, 0.4) is 0 Å². The molecule has 110 valence electrons. The van der Waals surface area contributed by atoms with Gasteiger partial charge in [0.25, 0.3) is 0 Å².